The molecule has 3 aromatic rings. The molecule has 0 bridgehead atoms. The number of ether oxygens (including phenoxy) is 1. The molecular weight excluding hydrogens is 442 g/mol. The summed E-state index contributed by atoms with van der Waals surface area (Å²) in [6.07, 6.45) is 5.45. The molecule has 0 radical (unpaired) electrons. The zero-order chi connectivity index (χ0) is 25.7. The van der Waals surface area contributed by atoms with Gasteiger partial charge in [-0.15, -0.1) is 0 Å². The van der Waals surface area contributed by atoms with E-state index in [4.69, 9.17) is 4.74 Å². The molecule has 4 rings (SSSR count). The number of carbonyl (C=O) groups excluding carboxylic acids is 2. The highest BCUT2D eigenvalue weighted by molar-refractivity contribution is 5.97. The highest BCUT2D eigenvalue weighted by Gasteiger charge is 2.29. The molecule has 7 nitrogen and oxygen atoms in total. The largest absolute Gasteiger partial charge is 0.462 e. The van der Waals surface area contributed by atoms with E-state index in [1.165, 1.54) is 0 Å². The van der Waals surface area contributed by atoms with E-state index < -0.39 is 11.4 Å². The molecule has 184 valence electrons. The van der Waals surface area contributed by atoms with E-state index in [9.17, 15) is 14.4 Å². The van der Waals surface area contributed by atoms with Crippen molar-refractivity contribution in [2.45, 2.75) is 60.4 Å². The van der Waals surface area contributed by atoms with Crippen LogP contribution >= 0.6 is 0 Å². The van der Waals surface area contributed by atoms with Crippen LogP contribution in [0.4, 0.5) is 5.82 Å². The fraction of sp³-hybridized carbons (Fsp3) is 0.429. The zero-order valence-corrected chi connectivity index (χ0v) is 21.6. The van der Waals surface area contributed by atoms with Crippen LogP contribution in [0.2, 0.25) is 0 Å². The number of benzene rings is 1. The summed E-state index contributed by atoms with van der Waals surface area (Å²) in [5, 5.41) is 0.514. The van der Waals surface area contributed by atoms with Crippen molar-refractivity contribution in [3.05, 3.63) is 57.5 Å². The Morgan fingerprint density at radius 1 is 1.20 bits per heavy atom. The van der Waals surface area contributed by atoms with Crippen LogP contribution in [0.3, 0.4) is 0 Å². The highest BCUT2D eigenvalue weighted by Crippen LogP contribution is 2.39. The Labute approximate surface area is 205 Å². The molecule has 1 aromatic carbocycles. The van der Waals surface area contributed by atoms with Gasteiger partial charge < -0.3 is 9.30 Å². The van der Waals surface area contributed by atoms with Gasteiger partial charge in [0.2, 0.25) is 11.3 Å². The second kappa shape index (κ2) is 8.95. The molecule has 0 aliphatic heterocycles. The molecule has 0 atom stereocenters. The van der Waals surface area contributed by atoms with Crippen molar-refractivity contribution < 1.29 is 14.3 Å². The van der Waals surface area contributed by atoms with Gasteiger partial charge in [-0.05, 0) is 62.4 Å². The third kappa shape index (κ3) is 4.47. The molecule has 0 N–H and O–H groups in total. The van der Waals surface area contributed by atoms with E-state index in [1.54, 1.807) is 37.3 Å². The van der Waals surface area contributed by atoms with Crippen molar-refractivity contribution in [1.29, 1.82) is 0 Å². The standard InChI is InChI=1S/C28H33N3O4/c1-8-35-26(33)22-15-31(19-9-10-19)23-17(3)20(11-12-21(23)24(22)32)18-13-16(2)25(29-14-18)30(7)27(34)28(4,5)6/h11-15,19H,8-10H2,1-7H3. The van der Waals surface area contributed by atoms with Gasteiger partial charge in [0.25, 0.3) is 0 Å². The van der Waals surface area contributed by atoms with Gasteiger partial charge in [0.05, 0.1) is 12.1 Å². The molecule has 1 aliphatic carbocycles. The first-order valence-electron chi connectivity index (χ1n) is 12.1. The number of nitrogens with zero attached hydrogens (tertiary/aromatic N) is 3. The highest BCUT2D eigenvalue weighted by atomic mass is 16.5. The Bertz CT molecular complexity index is 1390. The van der Waals surface area contributed by atoms with Crippen LogP contribution in [0.5, 0.6) is 0 Å². The lowest BCUT2D eigenvalue weighted by Crippen LogP contribution is -2.37. The first kappa shape index (κ1) is 24.6. The first-order chi connectivity index (χ1) is 16.5. The predicted octanol–water partition coefficient (Wildman–Crippen LogP) is 5.20. The molecule has 0 unspecified atom stereocenters. The Hall–Kier alpha value is -3.48. The molecular formula is C28H33N3O4. The number of anilines is 1. The number of aromatic nitrogens is 2. The number of esters is 1. The molecule has 2 heterocycles. The summed E-state index contributed by atoms with van der Waals surface area (Å²) in [5.41, 5.74) is 3.81. The normalized spacial score (nSPS) is 13.7. The number of carbonyl (C=O) groups is 2. The van der Waals surface area contributed by atoms with Crippen molar-refractivity contribution in [1.82, 2.24) is 9.55 Å². The van der Waals surface area contributed by atoms with E-state index in [0.29, 0.717) is 11.2 Å². The molecule has 1 fully saturated rings. The third-order valence-corrected chi connectivity index (χ3v) is 6.51. The molecule has 2 aromatic heterocycles. The first-order valence-corrected chi connectivity index (χ1v) is 12.1. The van der Waals surface area contributed by atoms with Gasteiger partial charge in [-0.3, -0.25) is 14.5 Å². The number of amides is 1. The van der Waals surface area contributed by atoms with Crippen LogP contribution in [-0.2, 0) is 9.53 Å². The SMILES string of the molecule is CCOC(=O)c1cn(C2CC2)c2c(C)c(-c3cnc(N(C)C(=O)C(C)(C)C)c(C)c3)ccc2c1=O. The van der Waals surface area contributed by atoms with E-state index in [1.807, 2.05) is 46.8 Å². The quantitative estimate of drug-likeness (QED) is 0.474. The third-order valence-electron chi connectivity index (χ3n) is 6.51. The Balaban J connectivity index is 1.84. The lowest BCUT2D eigenvalue weighted by atomic mass is 9.94. The second-order valence-corrected chi connectivity index (χ2v) is 10.3. The van der Waals surface area contributed by atoms with E-state index >= 15 is 0 Å². The second-order valence-electron chi connectivity index (χ2n) is 10.3. The molecule has 35 heavy (non-hydrogen) atoms. The fourth-order valence-corrected chi connectivity index (χ4v) is 4.60. The van der Waals surface area contributed by atoms with Gasteiger partial charge in [-0.25, -0.2) is 9.78 Å². The van der Waals surface area contributed by atoms with E-state index in [2.05, 4.69) is 9.55 Å². The summed E-state index contributed by atoms with van der Waals surface area (Å²) in [6, 6.07) is 5.99. The van der Waals surface area contributed by atoms with Crippen molar-refractivity contribution in [3.8, 4) is 11.1 Å². The lowest BCUT2D eigenvalue weighted by Gasteiger charge is -2.26. The van der Waals surface area contributed by atoms with Crippen LogP contribution in [0.1, 0.15) is 68.1 Å². The molecule has 1 aliphatic rings. The average Bonchev–Trinajstić information content (AvgIpc) is 3.63. The van der Waals surface area contributed by atoms with Crippen molar-refractivity contribution >= 4 is 28.6 Å². The summed E-state index contributed by atoms with van der Waals surface area (Å²) in [6.45, 7) is 11.6. The summed E-state index contributed by atoms with van der Waals surface area (Å²) in [5.74, 6) is 0.0366. The molecule has 0 spiro atoms. The maximum absolute atomic E-state index is 13.2. The monoisotopic (exact) mass is 475 g/mol. The number of rotatable bonds is 5. The number of hydrogen-bond acceptors (Lipinski definition) is 5. The maximum atomic E-state index is 13.2. The molecule has 1 amide bonds. The smallest absolute Gasteiger partial charge is 0.343 e. The number of pyridine rings is 2. The van der Waals surface area contributed by atoms with Crippen LogP contribution in [0.25, 0.3) is 22.0 Å². The van der Waals surface area contributed by atoms with Gasteiger partial charge in [0.1, 0.15) is 11.4 Å². The number of aryl methyl sites for hydroxylation is 2. The van der Waals surface area contributed by atoms with Crippen molar-refractivity contribution in [3.63, 3.8) is 0 Å². The topological polar surface area (TPSA) is 81.5 Å². The zero-order valence-electron chi connectivity index (χ0n) is 21.6. The molecule has 1 saturated carbocycles. The Morgan fingerprint density at radius 2 is 1.89 bits per heavy atom. The number of fused-ring (bicyclic) bond motifs is 1. The number of hydrogen-bond donors (Lipinski definition) is 0. The minimum atomic E-state index is -0.583. The summed E-state index contributed by atoms with van der Waals surface area (Å²) >= 11 is 0. The van der Waals surface area contributed by atoms with Crippen LogP contribution in [0.15, 0.2) is 35.4 Å². The van der Waals surface area contributed by atoms with Crippen molar-refractivity contribution in [2.75, 3.05) is 18.6 Å². The average molecular weight is 476 g/mol. The molecule has 7 heteroatoms. The van der Waals surface area contributed by atoms with E-state index in [-0.39, 0.29) is 29.5 Å². The van der Waals surface area contributed by atoms with Crippen molar-refractivity contribution in [2.24, 2.45) is 5.41 Å². The Morgan fingerprint density at radius 3 is 2.46 bits per heavy atom. The van der Waals surface area contributed by atoms with Gasteiger partial charge >= 0.3 is 5.97 Å². The summed E-state index contributed by atoms with van der Waals surface area (Å²) in [4.78, 5) is 44.6. The minimum Gasteiger partial charge on any atom is -0.462 e. The van der Waals surface area contributed by atoms with Gasteiger partial charge in [-0.1, -0.05) is 26.8 Å². The molecule has 0 saturated heterocycles. The van der Waals surface area contributed by atoms with Crippen LogP contribution in [-0.4, -0.2) is 35.1 Å². The van der Waals surface area contributed by atoms with Crippen LogP contribution < -0.4 is 10.3 Å². The van der Waals surface area contributed by atoms with E-state index in [0.717, 1.165) is 40.6 Å². The maximum Gasteiger partial charge on any atom is 0.343 e. The van der Waals surface area contributed by atoms with Gasteiger partial charge in [0, 0.05) is 41.8 Å². The van der Waals surface area contributed by atoms with Gasteiger partial charge in [-0.2, -0.15) is 0 Å². The predicted molar refractivity (Wildman–Crippen MR) is 138 cm³/mol. The summed E-state index contributed by atoms with van der Waals surface area (Å²) < 4.78 is 7.19. The lowest BCUT2D eigenvalue weighted by molar-refractivity contribution is -0.125. The minimum absolute atomic E-state index is 0.00594. The van der Waals surface area contributed by atoms with Crippen LogP contribution in [0, 0.1) is 19.3 Å². The fourth-order valence-electron chi connectivity index (χ4n) is 4.60. The summed E-state index contributed by atoms with van der Waals surface area (Å²) in [7, 11) is 1.75. The Kier molecular flexibility index (Phi) is 6.30. The van der Waals surface area contributed by atoms with Gasteiger partial charge in [0.15, 0.2) is 0 Å².